The molecule has 1 N–H and O–H groups in total. The quantitative estimate of drug-likeness (QED) is 0.719. The fourth-order valence-electron chi connectivity index (χ4n) is 3.29. The van der Waals surface area contributed by atoms with Gasteiger partial charge in [-0.1, -0.05) is 68.1 Å². The third-order valence-electron chi connectivity index (χ3n) is 4.71. The van der Waals surface area contributed by atoms with E-state index in [9.17, 15) is 0 Å². The van der Waals surface area contributed by atoms with Crippen LogP contribution in [0.25, 0.3) is 10.8 Å². The molecular formula is C19H24ClN. The van der Waals surface area contributed by atoms with Gasteiger partial charge in [0.1, 0.15) is 0 Å². The van der Waals surface area contributed by atoms with E-state index in [0.717, 1.165) is 17.5 Å². The monoisotopic (exact) mass is 301 g/mol. The highest BCUT2D eigenvalue weighted by molar-refractivity contribution is 6.35. The highest BCUT2D eigenvalue weighted by Gasteiger charge is 2.24. The van der Waals surface area contributed by atoms with Crippen molar-refractivity contribution in [2.24, 2.45) is 5.92 Å². The van der Waals surface area contributed by atoms with Gasteiger partial charge in [0.25, 0.3) is 0 Å². The Hall–Kier alpha value is -1.05. The average Bonchev–Trinajstić information content (AvgIpc) is 2.47. The summed E-state index contributed by atoms with van der Waals surface area (Å²) in [7, 11) is 0. The zero-order chi connectivity index (χ0) is 14.7. The molecule has 1 saturated carbocycles. The Balaban J connectivity index is 1.95. The van der Waals surface area contributed by atoms with Gasteiger partial charge in [0, 0.05) is 16.5 Å². The first-order chi connectivity index (χ1) is 10.3. The Bertz CT molecular complexity index is 604. The predicted octanol–water partition coefficient (Wildman–Crippen LogP) is 5.72. The first kappa shape index (κ1) is 14.9. The average molecular weight is 302 g/mol. The Labute approximate surface area is 132 Å². The van der Waals surface area contributed by atoms with E-state index in [1.807, 2.05) is 0 Å². The van der Waals surface area contributed by atoms with Crippen molar-refractivity contribution in [2.45, 2.75) is 45.1 Å². The van der Waals surface area contributed by atoms with Crippen molar-refractivity contribution in [3.8, 4) is 0 Å². The van der Waals surface area contributed by atoms with Crippen LogP contribution in [0.4, 0.5) is 0 Å². The number of nitrogens with one attached hydrogen (secondary N) is 1. The zero-order valence-electron chi connectivity index (χ0n) is 12.7. The summed E-state index contributed by atoms with van der Waals surface area (Å²) in [5.41, 5.74) is 1.41. The molecule has 1 unspecified atom stereocenters. The van der Waals surface area contributed by atoms with Crippen molar-refractivity contribution >= 4 is 22.4 Å². The van der Waals surface area contributed by atoms with Gasteiger partial charge in [0.2, 0.25) is 0 Å². The third-order valence-corrected chi connectivity index (χ3v) is 5.04. The maximum atomic E-state index is 6.36. The molecule has 0 radical (unpaired) electrons. The molecule has 1 nitrogen and oxygen atoms in total. The van der Waals surface area contributed by atoms with E-state index in [1.54, 1.807) is 0 Å². The summed E-state index contributed by atoms with van der Waals surface area (Å²) in [5.74, 6) is 0.897. The summed E-state index contributed by atoms with van der Waals surface area (Å²) >= 11 is 6.36. The van der Waals surface area contributed by atoms with Gasteiger partial charge in [0.15, 0.2) is 0 Å². The van der Waals surface area contributed by atoms with Crippen LogP contribution in [0.15, 0.2) is 36.4 Å². The lowest BCUT2D eigenvalue weighted by molar-refractivity contribution is 0.262. The molecule has 2 aromatic rings. The Morgan fingerprint density at radius 2 is 1.90 bits per heavy atom. The predicted molar refractivity (Wildman–Crippen MR) is 92.0 cm³/mol. The second-order valence-electron chi connectivity index (χ2n) is 6.22. The van der Waals surface area contributed by atoms with Crippen LogP contribution in [0, 0.1) is 5.92 Å². The maximum absolute atomic E-state index is 6.36. The summed E-state index contributed by atoms with van der Waals surface area (Å²) in [5, 5.41) is 7.09. The molecule has 0 saturated heterocycles. The molecule has 3 rings (SSSR count). The van der Waals surface area contributed by atoms with Crippen molar-refractivity contribution in [2.75, 3.05) is 6.54 Å². The number of fused-ring (bicyclic) bond motifs is 1. The summed E-state index contributed by atoms with van der Waals surface area (Å²) in [4.78, 5) is 0. The van der Waals surface area contributed by atoms with Crippen molar-refractivity contribution in [1.82, 2.24) is 5.32 Å². The first-order valence-corrected chi connectivity index (χ1v) is 8.58. The molecule has 0 heterocycles. The van der Waals surface area contributed by atoms with Gasteiger partial charge in [-0.05, 0) is 42.3 Å². The van der Waals surface area contributed by atoms with E-state index >= 15 is 0 Å². The van der Waals surface area contributed by atoms with E-state index in [0.29, 0.717) is 6.04 Å². The Morgan fingerprint density at radius 1 is 1.14 bits per heavy atom. The van der Waals surface area contributed by atoms with Gasteiger partial charge in [0.05, 0.1) is 0 Å². The highest BCUT2D eigenvalue weighted by Crippen LogP contribution is 2.37. The third kappa shape index (κ3) is 3.25. The van der Waals surface area contributed by atoms with Crippen LogP contribution >= 0.6 is 11.6 Å². The summed E-state index contributed by atoms with van der Waals surface area (Å²) in [6.45, 7) is 3.31. The van der Waals surface area contributed by atoms with Gasteiger partial charge in [-0.25, -0.2) is 0 Å². The first-order valence-electron chi connectivity index (χ1n) is 8.20. The SMILES string of the molecule is CCCNC(CC1CCC1)c1ccc(Cl)c2ccccc12. The number of hydrogen-bond donors (Lipinski definition) is 1. The van der Waals surface area contributed by atoms with E-state index in [1.165, 1.54) is 48.4 Å². The van der Waals surface area contributed by atoms with E-state index < -0.39 is 0 Å². The maximum Gasteiger partial charge on any atom is 0.0484 e. The van der Waals surface area contributed by atoms with E-state index in [4.69, 9.17) is 11.6 Å². The lowest BCUT2D eigenvalue weighted by atomic mass is 9.79. The van der Waals surface area contributed by atoms with Crippen LogP contribution in [0.5, 0.6) is 0 Å². The number of benzene rings is 2. The molecule has 0 amide bonds. The van der Waals surface area contributed by atoms with Crippen molar-refractivity contribution in [3.63, 3.8) is 0 Å². The topological polar surface area (TPSA) is 12.0 Å². The van der Waals surface area contributed by atoms with Crippen molar-refractivity contribution < 1.29 is 0 Å². The molecule has 2 aromatic carbocycles. The van der Waals surface area contributed by atoms with Crippen LogP contribution in [-0.2, 0) is 0 Å². The molecule has 112 valence electrons. The van der Waals surface area contributed by atoms with Crippen LogP contribution in [0.2, 0.25) is 5.02 Å². The second kappa shape index (κ2) is 6.81. The standard InChI is InChI=1S/C19H24ClN/c1-2-12-21-19(13-14-6-5-7-14)17-10-11-18(20)16-9-4-3-8-15(16)17/h3-4,8-11,14,19,21H,2,5-7,12-13H2,1H3. The zero-order valence-corrected chi connectivity index (χ0v) is 13.5. The summed E-state index contributed by atoms with van der Waals surface area (Å²) < 4.78 is 0. The molecule has 1 aliphatic rings. The van der Waals surface area contributed by atoms with Crippen molar-refractivity contribution in [1.29, 1.82) is 0 Å². The number of halogens is 1. The minimum absolute atomic E-state index is 0.456. The smallest absolute Gasteiger partial charge is 0.0484 e. The van der Waals surface area contributed by atoms with Crippen LogP contribution in [0.1, 0.15) is 50.6 Å². The van der Waals surface area contributed by atoms with E-state index in [2.05, 4.69) is 48.6 Å². The molecule has 0 aromatic heterocycles. The number of rotatable bonds is 6. The van der Waals surface area contributed by atoms with Gasteiger partial charge in [-0.2, -0.15) is 0 Å². The Kier molecular flexibility index (Phi) is 4.82. The minimum atomic E-state index is 0.456. The van der Waals surface area contributed by atoms with Crippen LogP contribution in [-0.4, -0.2) is 6.54 Å². The fraction of sp³-hybridized carbons (Fsp3) is 0.474. The van der Waals surface area contributed by atoms with Gasteiger partial charge < -0.3 is 5.32 Å². The summed E-state index contributed by atoms with van der Waals surface area (Å²) in [6.07, 6.45) is 6.64. The summed E-state index contributed by atoms with van der Waals surface area (Å²) in [6, 6.07) is 13.2. The van der Waals surface area contributed by atoms with Gasteiger partial charge in [-0.3, -0.25) is 0 Å². The molecule has 0 spiro atoms. The minimum Gasteiger partial charge on any atom is -0.310 e. The molecule has 21 heavy (non-hydrogen) atoms. The highest BCUT2D eigenvalue weighted by atomic mass is 35.5. The lowest BCUT2D eigenvalue weighted by Gasteiger charge is -2.31. The molecule has 1 fully saturated rings. The van der Waals surface area contributed by atoms with Crippen molar-refractivity contribution in [3.05, 3.63) is 47.0 Å². The molecule has 0 aliphatic heterocycles. The number of hydrogen-bond acceptors (Lipinski definition) is 1. The van der Waals surface area contributed by atoms with Crippen LogP contribution in [0.3, 0.4) is 0 Å². The van der Waals surface area contributed by atoms with E-state index in [-0.39, 0.29) is 0 Å². The molecular weight excluding hydrogens is 278 g/mol. The molecule has 0 bridgehead atoms. The fourth-order valence-corrected chi connectivity index (χ4v) is 3.52. The molecule has 1 atom stereocenters. The second-order valence-corrected chi connectivity index (χ2v) is 6.63. The molecule has 1 aliphatic carbocycles. The lowest BCUT2D eigenvalue weighted by Crippen LogP contribution is -2.26. The Morgan fingerprint density at radius 3 is 2.57 bits per heavy atom. The molecule has 2 heteroatoms. The van der Waals surface area contributed by atoms with Gasteiger partial charge in [-0.15, -0.1) is 0 Å². The van der Waals surface area contributed by atoms with Gasteiger partial charge >= 0.3 is 0 Å². The van der Waals surface area contributed by atoms with Crippen LogP contribution < -0.4 is 5.32 Å². The largest absolute Gasteiger partial charge is 0.310 e. The normalized spacial score (nSPS) is 16.9.